The molecule has 2 aromatic rings. The van der Waals surface area contributed by atoms with Crippen LogP contribution in [0.1, 0.15) is 6.92 Å². The molecule has 0 spiro atoms. The highest BCUT2D eigenvalue weighted by molar-refractivity contribution is 9.10. The van der Waals surface area contributed by atoms with Gasteiger partial charge in [0.25, 0.3) is 0 Å². The lowest BCUT2D eigenvalue weighted by molar-refractivity contribution is 1.10. The zero-order chi connectivity index (χ0) is 13.0. The molecule has 2 rings (SSSR count). The minimum atomic E-state index is 0.738. The molecule has 0 radical (unpaired) electrons. The van der Waals surface area contributed by atoms with Crippen LogP contribution in [0.15, 0.2) is 39.8 Å². The summed E-state index contributed by atoms with van der Waals surface area (Å²) in [5.41, 5.74) is 1.03. The average molecular weight is 324 g/mol. The van der Waals surface area contributed by atoms with E-state index in [1.54, 1.807) is 18.0 Å². The molecule has 0 atom stereocenters. The second kappa shape index (κ2) is 6.20. The lowest BCUT2D eigenvalue weighted by Gasteiger charge is -2.07. The molecule has 5 heteroatoms. The molecule has 18 heavy (non-hydrogen) atoms. The minimum absolute atomic E-state index is 0.738. The van der Waals surface area contributed by atoms with E-state index < -0.39 is 0 Å². The zero-order valence-electron chi connectivity index (χ0n) is 10.3. The van der Waals surface area contributed by atoms with Gasteiger partial charge in [-0.3, -0.25) is 0 Å². The fraction of sp³-hybridized carbons (Fsp3) is 0.231. The van der Waals surface area contributed by atoms with Crippen molar-refractivity contribution < 1.29 is 0 Å². The zero-order valence-corrected chi connectivity index (χ0v) is 12.7. The Balaban J connectivity index is 2.34. The number of nitrogens with one attached hydrogen (secondary N) is 1. The third kappa shape index (κ3) is 3.03. The molecule has 1 aromatic carbocycles. The van der Waals surface area contributed by atoms with Crippen molar-refractivity contribution in [3.05, 3.63) is 34.9 Å². The van der Waals surface area contributed by atoms with Crippen molar-refractivity contribution in [3.63, 3.8) is 0 Å². The summed E-state index contributed by atoms with van der Waals surface area (Å²) in [5.74, 6) is 1.57. The van der Waals surface area contributed by atoms with Gasteiger partial charge in [-0.2, -0.15) is 0 Å². The summed E-state index contributed by atoms with van der Waals surface area (Å²) in [4.78, 5) is 10.1. The number of benzene rings is 1. The molecule has 0 saturated heterocycles. The smallest absolute Gasteiger partial charge is 0.161 e. The summed E-state index contributed by atoms with van der Waals surface area (Å²) in [5, 5.41) is 3.21. The molecule has 0 aliphatic carbocycles. The minimum Gasteiger partial charge on any atom is -0.369 e. The maximum Gasteiger partial charge on any atom is 0.161 e. The molecule has 1 N–H and O–H groups in total. The lowest BCUT2D eigenvalue weighted by Crippen LogP contribution is -2.02. The molecule has 0 saturated carbocycles. The van der Waals surface area contributed by atoms with E-state index in [4.69, 9.17) is 0 Å². The molecule has 0 fully saturated rings. The van der Waals surface area contributed by atoms with Crippen LogP contribution in [0, 0.1) is 0 Å². The molecule has 3 nitrogen and oxygen atoms in total. The van der Waals surface area contributed by atoms with E-state index in [2.05, 4.69) is 49.6 Å². The van der Waals surface area contributed by atoms with Gasteiger partial charge in [-0.25, -0.2) is 9.97 Å². The Labute approximate surface area is 120 Å². The lowest BCUT2D eigenvalue weighted by atomic mass is 10.2. The van der Waals surface area contributed by atoms with E-state index in [0.717, 1.165) is 28.2 Å². The number of rotatable bonds is 4. The number of nitrogens with zero attached hydrogens (tertiary/aromatic N) is 2. The Morgan fingerprint density at radius 3 is 2.61 bits per heavy atom. The highest BCUT2D eigenvalue weighted by Crippen LogP contribution is 2.24. The third-order valence-electron chi connectivity index (χ3n) is 2.44. The van der Waals surface area contributed by atoms with Crippen molar-refractivity contribution in [3.8, 4) is 11.4 Å². The average Bonchev–Trinajstić information content (AvgIpc) is 2.42. The fourth-order valence-corrected chi connectivity index (χ4v) is 2.28. The number of halogens is 1. The van der Waals surface area contributed by atoms with Crippen LogP contribution in [-0.4, -0.2) is 22.8 Å². The Morgan fingerprint density at radius 2 is 2.00 bits per heavy atom. The first kappa shape index (κ1) is 13.4. The standard InChI is InChI=1S/C13H14BrN3S/c1-3-15-13-11(14)8-16-12(17-13)9-4-6-10(18-2)7-5-9/h4-8H,3H2,1-2H3,(H,15,16,17). The number of aromatic nitrogens is 2. The normalized spacial score (nSPS) is 10.4. The predicted octanol–water partition coefficient (Wildman–Crippen LogP) is 4.06. The number of thioether (sulfide) groups is 1. The van der Waals surface area contributed by atoms with E-state index in [-0.39, 0.29) is 0 Å². The van der Waals surface area contributed by atoms with Crippen molar-refractivity contribution in [2.75, 3.05) is 18.1 Å². The Bertz CT molecular complexity index is 528. The van der Waals surface area contributed by atoms with Gasteiger partial charge in [0.05, 0.1) is 4.47 Å². The van der Waals surface area contributed by atoms with Gasteiger partial charge in [-0.15, -0.1) is 11.8 Å². The van der Waals surface area contributed by atoms with Crippen LogP contribution < -0.4 is 5.32 Å². The molecule has 94 valence electrons. The fourth-order valence-electron chi connectivity index (χ4n) is 1.54. The van der Waals surface area contributed by atoms with E-state index in [1.807, 2.05) is 19.1 Å². The van der Waals surface area contributed by atoms with Crippen molar-refractivity contribution in [1.29, 1.82) is 0 Å². The highest BCUT2D eigenvalue weighted by atomic mass is 79.9. The van der Waals surface area contributed by atoms with Crippen molar-refractivity contribution in [2.24, 2.45) is 0 Å². The maximum absolute atomic E-state index is 4.51. The van der Waals surface area contributed by atoms with Crippen LogP contribution >= 0.6 is 27.7 Å². The first-order valence-electron chi connectivity index (χ1n) is 5.65. The molecule has 0 aliphatic heterocycles. The maximum atomic E-state index is 4.51. The van der Waals surface area contributed by atoms with Crippen molar-refractivity contribution >= 4 is 33.5 Å². The molecule has 0 aliphatic rings. The summed E-state index contributed by atoms with van der Waals surface area (Å²) in [6.45, 7) is 2.88. The van der Waals surface area contributed by atoms with Gasteiger partial charge >= 0.3 is 0 Å². The first-order chi connectivity index (χ1) is 8.74. The first-order valence-corrected chi connectivity index (χ1v) is 7.67. The van der Waals surface area contributed by atoms with Crippen LogP contribution in [0.25, 0.3) is 11.4 Å². The van der Waals surface area contributed by atoms with Crippen LogP contribution in [0.3, 0.4) is 0 Å². The van der Waals surface area contributed by atoms with Gasteiger partial charge in [0.1, 0.15) is 5.82 Å². The van der Waals surface area contributed by atoms with Crippen molar-refractivity contribution in [2.45, 2.75) is 11.8 Å². The molecule has 0 amide bonds. The van der Waals surface area contributed by atoms with Gasteiger partial charge in [-0.1, -0.05) is 12.1 Å². The molecule has 0 unspecified atom stereocenters. The van der Waals surface area contributed by atoms with Gasteiger partial charge in [-0.05, 0) is 41.2 Å². The molecule has 0 bridgehead atoms. The second-order valence-corrected chi connectivity index (χ2v) is 5.38. The second-order valence-electron chi connectivity index (χ2n) is 3.65. The van der Waals surface area contributed by atoms with E-state index in [9.17, 15) is 0 Å². The van der Waals surface area contributed by atoms with Crippen LogP contribution in [-0.2, 0) is 0 Å². The molecular weight excluding hydrogens is 310 g/mol. The number of anilines is 1. The number of hydrogen-bond acceptors (Lipinski definition) is 4. The molecule has 1 aromatic heterocycles. The topological polar surface area (TPSA) is 37.8 Å². The number of hydrogen-bond donors (Lipinski definition) is 1. The SMILES string of the molecule is CCNc1nc(-c2ccc(SC)cc2)ncc1Br. The molecular formula is C13H14BrN3S. The largest absolute Gasteiger partial charge is 0.369 e. The van der Waals surface area contributed by atoms with Gasteiger partial charge in [0.2, 0.25) is 0 Å². The Kier molecular flexibility index (Phi) is 4.60. The predicted molar refractivity (Wildman–Crippen MR) is 81.1 cm³/mol. The summed E-state index contributed by atoms with van der Waals surface area (Å²) in [7, 11) is 0. The quantitative estimate of drug-likeness (QED) is 0.861. The summed E-state index contributed by atoms with van der Waals surface area (Å²) in [6, 6.07) is 8.26. The van der Waals surface area contributed by atoms with Crippen LogP contribution in [0.2, 0.25) is 0 Å². The van der Waals surface area contributed by atoms with Crippen LogP contribution in [0.4, 0.5) is 5.82 Å². The summed E-state index contributed by atoms with van der Waals surface area (Å²) >= 11 is 5.16. The Hall–Kier alpha value is -1.07. The van der Waals surface area contributed by atoms with E-state index >= 15 is 0 Å². The van der Waals surface area contributed by atoms with E-state index in [0.29, 0.717) is 0 Å². The van der Waals surface area contributed by atoms with Crippen molar-refractivity contribution in [1.82, 2.24) is 9.97 Å². The Morgan fingerprint density at radius 1 is 1.28 bits per heavy atom. The third-order valence-corrected chi connectivity index (χ3v) is 3.76. The highest BCUT2D eigenvalue weighted by Gasteiger charge is 2.06. The van der Waals surface area contributed by atoms with Gasteiger partial charge < -0.3 is 5.32 Å². The van der Waals surface area contributed by atoms with Crippen LogP contribution in [0.5, 0.6) is 0 Å². The van der Waals surface area contributed by atoms with Gasteiger partial charge in [0.15, 0.2) is 5.82 Å². The molecule has 1 heterocycles. The monoisotopic (exact) mass is 323 g/mol. The summed E-state index contributed by atoms with van der Waals surface area (Å²) < 4.78 is 0.883. The van der Waals surface area contributed by atoms with Gasteiger partial charge in [0, 0.05) is 23.2 Å². The van der Waals surface area contributed by atoms with E-state index in [1.165, 1.54) is 4.90 Å². The summed E-state index contributed by atoms with van der Waals surface area (Å²) in [6.07, 6.45) is 3.84.